The van der Waals surface area contributed by atoms with Gasteiger partial charge in [-0.1, -0.05) is 0 Å². The molecule has 0 aliphatic carbocycles. The van der Waals surface area contributed by atoms with Crippen LogP contribution in [-0.2, 0) is 4.74 Å². The predicted octanol–water partition coefficient (Wildman–Crippen LogP) is 2.40. The van der Waals surface area contributed by atoms with E-state index in [9.17, 15) is 5.11 Å². The van der Waals surface area contributed by atoms with Gasteiger partial charge in [-0.2, -0.15) is 0 Å². The van der Waals surface area contributed by atoms with Crippen LogP contribution < -0.4 is 14.4 Å². The largest absolute Gasteiger partial charge is 0.493 e. The maximum atomic E-state index is 10.0. The average molecular weight is 358 g/mol. The lowest BCUT2D eigenvalue weighted by Crippen LogP contribution is -2.41. The van der Waals surface area contributed by atoms with Crippen molar-refractivity contribution in [3.8, 4) is 11.5 Å². The number of nitrogens with zero attached hydrogens (tertiary/aromatic N) is 2. The van der Waals surface area contributed by atoms with Gasteiger partial charge in [-0.15, -0.1) is 0 Å². The Bertz CT molecular complexity index is 825. The van der Waals surface area contributed by atoms with Gasteiger partial charge in [0.25, 0.3) is 0 Å². The number of aryl methyl sites for hydroxylation is 1. The molecule has 2 saturated heterocycles. The number of ether oxygens (including phenoxy) is 3. The fourth-order valence-corrected chi connectivity index (χ4v) is 4.35. The van der Waals surface area contributed by atoms with Crippen molar-refractivity contribution in [2.24, 2.45) is 11.3 Å². The van der Waals surface area contributed by atoms with Crippen LogP contribution in [0.25, 0.3) is 10.9 Å². The SMILES string of the molecule is COc1cc2nc(N3C[C@@H]4COCC[C@]4(CO)C3)cc(C)c2cc1OC. The van der Waals surface area contributed by atoms with E-state index in [0.29, 0.717) is 24.0 Å². The number of fused-ring (bicyclic) bond motifs is 2. The first-order valence-corrected chi connectivity index (χ1v) is 9.07. The lowest BCUT2D eigenvalue weighted by molar-refractivity contribution is -0.0410. The Morgan fingerprint density at radius 1 is 1.27 bits per heavy atom. The summed E-state index contributed by atoms with van der Waals surface area (Å²) in [7, 11) is 3.28. The van der Waals surface area contributed by atoms with E-state index >= 15 is 0 Å². The van der Waals surface area contributed by atoms with Crippen LogP contribution in [0.3, 0.4) is 0 Å². The molecule has 26 heavy (non-hydrogen) atoms. The van der Waals surface area contributed by atoms with Crippen molar-refractivity contribution >= 4 is 16.7 Å². The molecule has 1 aromatic heterocycles. The van der Waals surface area contributed by atoms with E-state index in [0.717, 1.165) is 48.4 Å². The summed E-state index contributed by atoms with van der Waals surface area (Å²) in [6, 6.07) is 6.03. The summed E-state index contributed by atoms with van der Waals surface area (Å²) < 4.78 is 16.5. The molecule has 6 nitrogen and oxygen atoms in total. The molecule has 0 saturated carbocycles. The van der Waals surface area contributed by atoms with Crippen LogP contribution in [0.15, 0.2) is 18.2 Å². The molecule has 3 heterocycles. The molecule has 0 radical (unpaired) electrons. The van der Waals surface area contributed by atoms with Crippen molar-refractivity contribution in [2.45, 2.75) is 13.3 Å². The second-order valence-corrected chi connectivity index (χ2v) is 7.44. The van der Waals surface area contributed by atoms with Crippen LogP contribution in [0.5, 0.6) is 11.5 Å². The number of pyridine rings is 1. The van der Waals surface area contributed by atoms with Gasteiger partial charge in [0, 0.05) is 42.5 Å². The summed E-state index contributed by atoms with van der Waals surface area (Å²) in [5, 5.41) is 11.1. The molecule has 1 N–H and O–H groups in total. The number of hydrogen-bond acceptors (Lipinski definition) is 6. The van der Waals surface area contributed by atoms with E-state index in [-0.39, 0.29) is 12.0 Å². The highest BCUT2D eigenvalue weighted by atomic mass is 16.5. The zero-order valence-corrected chi connectivity index (χ0v) is 15.6. The van der Waals surface area contributed by atoms with Gasteiger partial charge in [-0.25, -0.2) is 4.98 Å². The number of methoxy groups -OCH3 is 2. The molecular weight excluding hydrogens is 332 g/mol. The molecule has 1 aromatic carbocycles. The summed E-state index contributed by atoms with van der Waals surface area (Å²) in [4.78, 5) is 7.18. The summed E-state index contributed by atoms with van der Waals surface area (Å²) >= 11 is 0. The van der Waals surface area contributed by atoms with E-state index in [4.69, 9.17) is 19.2 Å². The second kappa shape index (κ2) is 6.59. The molecule has 2 aliphatic rings. The molecule has 2 fully saturated rings. The number of aromatic nitrogens is 1. The van der Waals surface area contributed by atoms with Gasteiger partial charge in [0.2, 0.25) is 0 Å². The molecule has 2 aromatic rings. The highest BCUT2D eigenvalue weighted by Crippen LogP contribution is 2.43. The predicted molar refractivity (Wildman–Crippen MR) is 100 cm³/mol. The van der Waals surface area contributed by atoms with Gasteiger partial charge >= 0.3 is 0 Å². The van der Waals surface area contributed by atoms with Crippen LogP contribution >= 0.6 is 0 Å². The maximum absolute atomic E-state index is 10.0. The third kappa shape index (κ3) is 2.68. The lowest BCUT2D eigenvalue weighted by Gasteiger charge is -2.36. The Kier molecular flexibility index (Phi) is 4.40. The highest BCUT2D eigenvalue weighted by molar-refractivity contribution is 5.87. The first-order chi connectivity index (χ1) is 12.6. The summed E-state index contributed by atoms with van der Waals surface area (Å²) in [5.41, 5.74) is 1.97. The second-order valence-electron chi connectivity index (χ2n) is 7.44. The van der Waals surface area contributed by atoms with Crippen molar-refractivity contribution in [3.05, 3.63) is 23.8 Å². The third-order valence-electron chi connectivity index (χ3n) is 6.02. The summed E-state index contributed by atoms with van der Waals surface area (Å²) in [5.74, 6) is 2.69. The van der Waals surface area contributed by atoms with Crippen molar-refractivity contribution in [1.82, 2.24) is 4.98 Å². The Balaban J connectivity index is 1.73. The van der Waals surface area contributed by atoms with Crippen LogP contribution in [0.4, 0.5) is 5.82 Å². The highest BCUT2D eigenvalue weighted by Gasteiger charge is 2.48. The molecule has 0 unspecified atom stereocenters. The number of hydrogen-bond donors (Lipinski definition) is 1. The van der Waals surface area contributed by atoms with Crippen LogP contribution in [0, 0.1) is 18.3 Å². The Morgan fingerprint density at radius 2 is 2.04 bits per heavy atom. The Hall–Kier alpha value is -2.05. The molecule has 2 atom stereocenters. The standard InChI is InChI=1S/C20H26N2O4/c1-13-6-19(21-16-8-18(25-3)17(24-2)7-15(13)16)22-9-14-10-26-5-4-20(14,11-22)12-23/h6-8,14,23H,4-5,9-12H2,1-3H3/t14-,20-/m1/s1. The van der Waals surface area contributed by atoms with Gasteiger partial charge in [-0.3, -0.25) is 0 Å². The molecule has 0 spiro atoms. The van der Waals surface area contributed by atoms with Gasteiger partial charge in [0.1, 0.15) is 5.82 Å². The molecule has 6 heteroatoms. The third-order valence-corrected chi connectivity index (χ3v) is 6.02. The van der Waals surface area contributed by atoms with E-state index in [1.54, 1.807) is 14.2 Å². The van der Waals surface area contributed by atoms with E-state index < -0.39 is 0 Å². The van der Waals surface area contributed by atoms with Gasteiger partial charge in [-0.05, 0) is 31.0 Å². The topological polar surface area (TPSA) is 64.1 Å². The van der Waals surface area contributed by atoms with Gasteiger partial charge in [0.05, 0.1) is 33.0 Å². The minimum atomic E-state index is -0.0691. The lowest BCUT2D eigenvalue weighted by atomic mass is 9.75. The van der Waals surface area contributed by atoms with E-state index in [1.165, 1.54) is 0 Å². The quantitative estimate of drug-likeness (QED) is 0.905. The molecule has 140 valence electrons. The molecule has 0 bridgehead atoms. The maximum Gasteiger partial charge on any atom is 0.162 e. The van der Waals surface area contributed by atoms with Crippen molar-refractivity contribution in [1.29, 1.82) is 0 Å². The first-order valence-electron chi connectivity index (χ1n) is 9.07. The summed E-state index contributed by atoms with van der Waals surface area (Å²) in [6.07, 6.45) is 0.905. The van der Waals surface area contributed by atoms with Crippen LogP contribution in [-0.4, -0.2) is 57.2 Å². The monoisotopic (exact) mass is 358 g/mol. The number of benzene rings is 1. The van der Waals surface area contributed by atoms with Crippen molar-refractivity contribution in [2.75, 3.05) is 52.0 Å². The Morgan fingerprint density at radius 3 is 2.73 bits per heavy atom. The Labute approximate surface area is 153 Å². The molecule has 4 rings (SSSR count). The minimum Gasteiger partial charge on any atom is -0.493 e. The van der Waals surface area contributed by atoms with Crippen molar-refractivity contribution in [3.63, 3.8) is 0 Å². The fraction of sp³-hybridized carbons (Fsp3) is 0.550. The van der Waals surface area contributed by atoms with Crippen molar-refractivity contribution < 1.29 is 19.3 Å². The normalized spacial score (nSPS) is 25.4. The number of aliphatic hydroxyl groups excluding tert-OH is 1. The average Bonchev–Trinajstić information content (AvgIpc) is 3.07. The van der Waals surface area contributed by atoms with Crippen LogP contribution in [0.2, 0.25) is 0 Å². The van der Waals surface area contributed by atoms with Gasteiger partial charge in [0.15, 0.2) is 11.5 Å². The molecular formula is C20H26N2O4. The zero-order valence-electron chi connectivity index (χ0n) is 15.6. The zero-order chi connectivity index (χ0) is 18.3. The summed E-state index contributed by atoms with van der Waals surface area (Å²) in [6.45, 7) is 5.43. The van der Waals surface area contributed by atoms with E-state index in [2.05, 4.69) is 17.9 Å². The molecule has 2 aliphatic heterocycles. The minimum absolute atomic E-state index is 0.0691. The van der Waals surface area contributed by atoms with Gasteiger partial charge < -0.3 is 24.2 Å². The number of anilines is 1. The number of aliphatic hydroxyl groups is 1. The fourth-order valence-electron chi connectivity index (χ4n) is 4.35. The molecule has 0 amide bonds. The first kappa shape index (κ1) is 17.4. The van der Waals surface area contributed by atoms with Crippen LogP contribution in [0.1, 0.15) is 12.0 Å². The number of rotatable bonds is 4. The van der Waals surface area contributed by atoms with E-state index in [1.807, 2.05) is 12.1 Å². The smallest absolute Gasteiger partial charge is 0.162 e.